The van der Waals surface area contributed by atoms with Gasteiger partial charge in [0.1, 0.15) is 0 Å². The van der Waals surface area contributed by atoms with Crippen molar-refractivity contribution < 1.29 is 8.42 Å². The van der Waals surface area contributed by atoms with Crippen molar-refractivity contribution >= 4 is 27.3 Å². The smallest absolute Gasteiger partial charge is 0.180 e. The molecule has 3 aromatic rings. The van der Waals surface area contributed by atoms with E-state index < -0.39 is 15.1 Å². The zero-order valence-electron chi connectivity index (χ0n) is 15.3. The van der Waals surface area contributed by atoms with Crippen LogP contribution in [0.3, 0.4) is 0 Å². The number of anilines is 1. The molecule has 0 fully saturated rings. The SMILES string of the molecule is CC(C)S(=O)(=O)c1ccc(-c2cnc(N)c(C#Cc3ccccc3Cl)n2)cc1. The highest BCUT2D eigenvalue weighted by Gasteiger charge is 2.19. The highest BCUT2D eigenvalue weighted by molar-refractivity contribution is 7.92. The number of nitrogens with two attached hydrogens (primary N) is 1. The first-order chi connectivity index (χ1) is 13.3. The first-order valence-electron chi connectivity index (χ1n) is 8.52. The maximum absolute atomic E-state index is 12.3. The van der Waals surface area contributed by atoms with E-state index in [1.165, 1.54) is 6.20 Å². The second-order valence-electron chi connectivity index (χ2n) is 6.34. The summed E-state index contributed by atoms with van der Waals surface area (Å²) in [4.78, 5) is 8.88. The van der Waals surface area contributed by atoms with Gasteiger partial charge in [0, 0.05) is 11.1 Å². The number of aromatic nitrogens is 2. The lowest BCUT2D eigenvalue weighted by Gasteiger charge is -2.08. The van der Waals surface area contributed by atoms with Crippen LogP contribution in [-0.4, -0.2) is 23.6 Å². The number of halogens is 1. The van der Waals surface area contributed by atoms with Crippen LogP contribution in [0.1, 0.15) is 25.1 Å². The minimum absolute atomic E-state index is 0.210. The predicted octanol–water partition coefficient (Wildman–Crippen LogP) is 3.96. The molecule has 7 heteroatoms. The van der Waals surface area contributed by atoms with Crippen LogP contribution in [-0.2, 0) is 9.84 Å². The largest absolute Gasteiger partial charge is 0.381 e. The molecule has 0 saturated carbocycles. The van der Waals surface area contributed by atoms with Gasteiger partial charge in [0.15, 0.2) is 21.3 Å². The van der Waals surface area contributed by atoms with Crippen molar-refractivity contribution in [3.8, 4) is 23.1 Å². The zero-order chi connectivity index (χ0) is 20.3. The summed E-state index contributed by atoms with van der Waals surface area (Å²) in [6.45, 7) is 3.30. The average molecular weight is 412 g/mol. The van der Waals surface area contributed by atoms with Crippen molar-refractivity contribution in [1.29, 1.82) is 0 Å². The number of sulfone groups is 1. The Hall–Kier alpha value is -2.88. The molecule has 0 aliphatic carbocycles. The van der Waals surface area contributed by atoms with Gasteiger partial charge in [0.25, 0.3) is 0 Å². The summed E-state index contributed by atoms with van der Waals surface area (Å²) >= 11 is 6.11. The molecule has 0 aliphatic heterocycles. The van der Waals surface area contributed by atoms with Crippen LogP contribution in [0, 0.1) is 11.8 Å². The topological polar surface area (TPSA) is 85.9 Å². The number of nitrogen functional groups attached to an aromatic ring is 1. The van der Waals surface area contributed by atoms with Crippen LogP contribution in [0.25, 0.3) is 11.3 Å². The maximum Gasteiger partial charge on any atom is 0.180 e. The third kappa shape index (κ3) is 4.16. The van der Waals surface area contributed by atoms with Crippen molar-refractivity contribution in [2.75, 3.05) is 5.73 Å². The molecule has 28 heavy (non-hydrogen) atoms. The Morgan fingerprint density at radius 1 is 1.04 bits per heavy atom. The van der Waals surface area contributed by atoms with E-state index in [0.717, 1.165) is 5.56 Å². The summed E-state index contributed by atoms with van der Waals surface area (Å²) in [6.07, 6.45) is 1.53. The summed E-state index contributed by atoms with van der Waals surface area (Å²) in [5, 5.41) is 0.0565. The lowest BCUT2D eigenvalue weighted by molar-refractivity contribution is 0.587. The van der Waals surface area contributed by atoms with E-state index in [1.54, 1.807) is 50.2 Å². The fraction of sp³-hybridized carbons (Fsp3) is 0.143. The number of hydrogen-bond donors (Lipinski definition) is 1. The zero-order valence-corrected chi connectivity index (χ0v) is 16.9. The molecule has 142 valence electrons. The second kappa shape index (κ2) is 8.01. The summed E-state index contributed by atoms with van der Waals surface area (Å²) < 4.78 is 24.5. The first kappa shape index (κ1) is 19.9. The van der Waals surface area contributed by atoms with Gasteiger partial charge < -0.3 is 5.73 Å². The van der Waals surface area contributed by atoms with Crippen LogP contribution in [0.2, 0.25) is 5.02 Å². The van der Waals surface area contributed by atoms with Crippen molar-refractivity contribution in [3.05, 3.63) is 71.0 Å². The number of benzene rings is 2. The minimum Gasteiger partial charge on any atom is -0.381 e. The molecule has 0 spiro atoms. The highest BCUT2D eigenvalue weighted by Crippen LogP contribution is 2.22. The van der Waals surface area contributed by atoms with E-state index in [9.17, 15) is 8.42 Å². The Balaban J connectivity index is 1.95. The third-order valence-electron chi connectivity index (χ3n) is 4.09. The molecule has 0 radical (unpaired) electrons. The van der Waals surface area contributed by atoms with Crippen molar-refractivity contribution in [2.45, 2.75) is 24.0 Å². The molecule has 0 saturated heterocycles. The maximum atomic E-state index is 12.3. The van der Waals surface area contributed by atoms with Crippen LogP contribution < -0.4 is 5.73 Å². The normalized spacial score (nSPS) is 11.1. The lowest BCUT2D eigenvalue weighted by Crippen LogP contribution is -2.13. The highest BCUT2D eigenvalue weighted by atomic mass is 35.5. The summed E-state index contributed by atoms with van der Waals surface area (Å²) in [5.74, 6) is 6.06. The van der Waals surface area contributed by atoms with Crippen molar-refractivity contribution in [3.63, 3.8) is 0 Å². The van der Waals surface area contributed by atoms with Crippen LogP contribution in [0.4, 0.5) is 5.82 Å². The van der Waals surface area contributed by atoms with Gasteiger partial charge in [-0.05, 0) is 44.0 Å². The molecule has 3 rings (SSSR count). The van der Waals surface area contributed by atoms with Gasteiger partial charge in [-0.2, -0.15) is 0 Å². The van der Waals surface area contributed by atoms with Crippen molar-refractivity contribution in [1.82, 2.24) is 9.97 Å². The van der Waals surface area contributed by atoms with E-state index in [2.05, 4.69) is 21.8 Å². The van der Waals surface area contributed by atoms with E-state index in [-0.39, 0.29) is 10.7 Å². The molecule has 0 bridgehead atoms. The van der Waals surface area contributed by atoms with E-state index in [1.807, 2.05) is 12.1 Å². The Bertz CT molecular complexity index is 1180. The van der Waals surface area contributed by atoms with Gasteiger partial charge >= 0.3 is 0 Å². The number of nitrogens with zero attached hydrogens (tertiary/aromatic N) is 2. The quantitative estimate of drug-likeness (QED) is 0.659. The van der Waals surface area contributed by atoms with Gasteiger partial charge in [0.2, 0.25) is 0 Å². The van der Waals surface area contributed by atoms with E-state index in [0.29, 0.717) is 22.0 Å². The van der Waals surface area contributed by atoms with Gasteiger partial charge in [-0.25, -0.2) is 18.4 Å². The summed E-state index contributed by atoms with van der Waals surface area (Å²) in [5.41, 5.74) is 8.16. The number of rotatable bonds is 3. The van der Waals surface area contributed by atoms with Gasteiger partial charge in [-0.1, -0.05) is 41.8 Å². The van der Waals surface area contributed by atoms with E-state index in [4.69, 9.17) is 17.3 Å². The standard InChI is InChI=1S/C21H18ClN3O2S/c1-14(2)28(26,27)17-10-7-16(8-11-17)20-13-24-21(23)19(25-20)12-9-15-5-3-4-6-18(15)22/h3-8,10-11,13-14H,1-2H3,(H2,23,24). The fourth-order valence-electron chi connectivity index (χ4n) is 2.41. The molecule has 0 unspecified atom stereocenters. The van der Waals surface area contributed by atoms with E-state index >= 15 is 0 Å². The Morgan fingerprint density at radius 2 is 1.71 bits per heavy atom. The second-order valence-corrected chi connectivity index (χ2v) is 9.25. The minimum atomic E-state index is -3.32. The van der Waals surface area contributed by atoms with Crippen molar-refractivity contribution in [2.24, 2.45) is 0 Å². The average Bonchev–Trinajstić information content (AvgIpc) is 2.68. The molecule has 1 heterocycles. The third-order valence-corrected chi connectivity index (χ3v) is 6.59. The molecule has 1 aromatic heterocycles. The Morgan fingerprint density at radius 3 is 2.36 bits per heavy atom. The Kier molecular flexibility index (Phi) is 5.68. The summed E-state index contributed by atoms with van der Waals surface area (Å²) in [6, 6.07) is 13.7. The Labute approximate surface area is 169 Å². The molecule has 2 aromatic carbocycles. The molecule has 0 aliphatic rings. The predicted molar refractivity (Wildman–Crippen MR) is 112 cm³/mol. The summed E-state index contributed by atoms with van der Waals surface area (Å²) in [7, 11) is -3.32. The molecule has 0 amide bonds. The number of hydrogen-bond acceptors (Lipinski definition) is 5. The molecule has 2 N–H and O–H groups in total. The fourth-order valence-corrected chi connectivity index (χ4v) is 3.65. The molecular formula is C21H18ClN3O2S. The van der Waals surface area contributed by atoms with Gasteiger partial charge in [-0.15, -0.1) is 0 Å². The van der Waals surface area contributed by atoms with Crippen LogP contribution in [0.15, 0.2) is 59.6 Å². The van der Waals surface area contributed by atoms with Gasteiger partial charge in [0.05, 0.1) is 27.1 Å². The first-order valence-corrected chi connectivity index (χ1v) is 10.4. The lowest BCUT2D eigenvalue weighted by atomic mass is 10.1. The van der Waals surface area contributed by atoms with Crippen LogP contribution >= 0.6 is 11.6 Å². The van der Waals surface area contributed by atoms with Gasteiger partial charge in [-0.3, -0.25) is 0 Å². The molecular weight excluding hydrogens is 394 g/mol. The van der Waals surface area contributed by atoms with Crippen LogP contribution in [0.5, 0.6) is 0 Å². The molecule has 0 atom stereocenters. The molecule has 5 nitrogen and oxygen atoms in total. The monoisotopic (exact) mass is 411 g/mol.